The van der Waals surface area contributed by atoms with Gasteiger partial charge in [0.05, 0.1) is 16.7 Å². The second-order valence-corrected chi connectivity index (χ2v) is 6.23. The number of hydrogen-bond donors (Lipinski definition) is 2. The van der Waals surface area contributed by atoms with E-state index in [0.717, 1.165) is 0 Å². The molecule has 0 aliphatic rings. The molecule has 27 heavy (non-hydrogen) atoms. The lowest BCUT2D eigenvalue weighted by molar-refractivity contribution is -0.143. The molecule has 0 saturated heterocycles. The third kappa shape index (κ3) is 4.80. The molecule has 3 nitrogen and oxygen atoms in total. The number of anilines is 2. The molecule has 0 unspecified atom stereocenters. The topological polar surface area (TPSA) is 50.9 Å². The van der Waals surface area contributed by atoms with Crippen LogP contribution in [0.1, 0.15) is 22.4 Å². The summed E-state index contributed by atoms with van der Waals surface area (Å²) in [6.45, 7) is 0. The molecule has 1 aromatic heterocycles. The highest BCUT2D eigenvalue weighted by molar-refractivity contribution is 7.80. The van der Waals surface area contributed by atoms with Crippen LogP contribution in [-0.2, 0) is 18.5 Å². The van der Waals surface area contributed by atoms with Gasteiger partial charge in [-0.3, -0.25) is 0 Å². The van der Waals surface area contributed by atoms with Gasteiger partial charge in [-0.15, -0.1) is 0 Å². The normalized spacial score (nSPS) is 12.9. The van der Waals surface area contributed by atoms with Gasteiger partial charge in [-0.05, 0) is 29.7 Å². The van der Waals surface area contributed by atoms with E-state index in [1.165, 1.54) is 0 Å². The first-order valence-corrected chi connectivity index (χ1v) is 7.72. The molecular weight excluding hydrogens is 433 g/mol. The van der Waals surface area contributed by atoms with Crippen LogP contribution in [-0.4, -0.2) is 9.36 Å². The minimum Gasteiger partial charge on any atom is -0.389 e. The molecule has 0 aliphatic heterocycles. The maximum atomic E-state index is 12.9. The Morgan fingerprint density at radius 1 is 0.889 bits per heavy atom. The molecule has 3 N–H and O–H groups in total. The van der Waals surface area contributed by atoms with Crippen LogP contribution in [0, 0.1) is 0 Å². The summed E-state index contributed by atoms with van der Waals surface area (Å²) in [6, 6.07) is 0.505. The predicted octanol–water partition coefficient (Wildman–Crippen LogP) is 5.58. The van der Waals surface area contributed by atoms with Gasteiger partial charge in [0.25, 0.3) is 0 Å². The molecule has 0 spiro atoms. The Labute approximate surface area is 154 Å². The Morgan fingerprint density at radius 3 is 1.74 bits per heavy atom. The van der Waals surface area contributed by atoms with Crippen LogP contribution in [0.15, 0.2) is 18.2 Å². The standard InChI is InChI=1S/C13H6F9N3S2/c14-11(15,16)4-1-5(12(17,18)19)3-6(2-4)24-10-7(9(23)26)8(25-27-10)13(20,21)22/h1-3,24H,(H2,23,26). The minimum absolute atomic E-state index is 0.118. The number of rotatable bonds is 3. The van der Waals surface area contributed by atoms with Crippen molar-refractivity contribution < 1.29 is 39.5 Å². The molecule has 1 heterocycles. The van der Waals surface area contributed by atoms with E-state index in [4.69, 9.17) is 5.73 Å². The van der Waals surface area contributed by atoms with Crippen molar-refractivity contribution >= 4 is 39.4 Å². The van der Waals surface area contributed by atoms with Gasteiger partial charge < -0.3 is 11.1 Å². The highest BCUT2D eigenvalue weighted by Gasteiger charge is 2.40. The summed E-state index contributed by atoms with van der Waals surface area (Å²) < 4.78 is 119. The number of thiocarbonyl (C=S) groups is 1. The smallest absolute Gasteiger partial charge is 0.389 e. The Bertz CT molecular complexity index is 833. The number of nitrogens with zero attached hydrogens (tertiary/aromatic N) is 1. The second kappa shape index (κ2) is 6.82. The van der Waals surface area contributed by atoms with Crippen LogP contribution < -0.4 is 11.1 Å². The van der Waals surface area contributed by atoms with Crippen molar-refractivity contribution in [2.75, 3.05) is 5.32 Å². The lowest BCUT2D eigenvalue weighted by Gasteiger charge is -2.15. The van der Waals surface area contributed by atoms with Crippen molar-refractivity contribution in [2.45, 2.75) is 18.5 Å². The Morgan fingerprint density at radius 2 is 1.37 bits per heavy atom. The van der Waals surface area contributed by atoms with E-state index in [0.29, 0.717) is 12.1 Å². The third-order valence-electron chi connectivity index (χ3n) is 3.05. The Hall–Kier alpha value is -2.09. The number of halogens is 9. The van der Waals surface area contributed by atoms with Crippen LogP contribution >= 0.6 is 23.8 Å². The van der Waals surface area contributed by atoms with E-state index < -0.39 is 56.6 Å². The monoisotopic (exact) mass is 439 g/mol. The number of aromatic nitrogens is 1. The zero-order valence-corrected chi connectivity index (χ0v) is 14.1. The van der Waals surface area contributed by atoms with Crippen LogP contribution in [0.4, 0.5) is 50.2 Å². The van der Waals surface area contributed by atoms with Crippen molar-refractivity contribution in [3.8, 4) is 0 Å². The van der Waals surface area contributed by atoms with Gasteiger partial charge in [-0.25, -0.2) is 0 Å². The molecule has 0 aliphatic carbocycles. The number of nitrogens with two attached hydrogens (primary N) is 1. The van der Waals surface area contributed by atoms with E-state index in [-0.39, 0.29) is 17.6 Å². The lowest BCUT2D eigenvalue weighted by Crippen LogP contribution is -2.18. The Balaban J connectivity index is 2.58. The fourth-order valence-electron chi connectivity index (χ4n) is 1.96. The Kier molecular flexibility index (Phi) is 5.35. The lowest BCUT2D eigenvalue weighted by atomic mass is 10.1. The van der Waals surface area contributed by atoms with Gasteiger partial charge in [0, 0.05) is 5.69 Å². The van der Waals surface area contributed by atoms with E-state index in [1.54, 1.807) is 0 Å². The molecule has 148 valence electrons. The van der Waals surface area contributed by atoms with Crippen LogP contribution in [0.3, 0.4) is 0 Å². The molecule has 0 atom stereocenters. The zero-order chi connectivity index (χ0) is 20.8. The number of alkyl halides is 9. The predicted molar refractivity (Wildman–Crippen MR) is 82.7 cm³/mol. The fourth-order valence-corrected chi connectivity index (χ4v) is 3.06. The average Bonchev–Trinajstić information content (AvgIpc) is 2.89. The molecule has 0 saturated carbocycles. The molecule has 0 fully saturated rings. The summed E-state index contributed by atoms with van der Waals surface area (Å²) in [5.74, 6) is 0. The number of hydrogen-bond acceptors (Lipinski definition) is 4. The second-order valence-electron chi connectivity index (χ2n) is 5.02. The van der Waals surface area contributed by atoms with Gasteiger partial charge in [-0.2, -0.15) is 43.9 Å². The summed E-state index contributed by atoms with van der Waals surface area (Å²) in [5, 5.41) is 1.52. The molecule has 0 bridgehead atoms. The quantitative estimate of drug-likeness (QED) is 0.485. The summed E-state index contributed by atoms with van der Waals surface area (Å²) in [5.41, 5.74) is -1.15. The van der Waals surface area contributed by atoms with Crippen molar-refractivity contribution in [2.24, 2.45) is 5.73 Å². The average molecular weight is 439 g/mol. The van der Waals surface area contributed by atoms with Gasteiger partial charge in [0.15, 0.2) is 5.69 Å². The largest absolute Gasteiger partial charge is 0.435 e. The summed E-state index contributed by atoms with van der Waals surface area (Å²) in [6.07, 6.45) is -15.2. The summed E-state index contributed by atoms with van der Waals surface area (Å²) >= 11 is 4.63. The molecule has 2 rings (SSSR count). The summed E-state index contributed by atoms with van der Waals surface area (Å²) in [7, 11) is 0. The first kappa shape index (κ1) is 21.2. The van der Waals surface area contributed by atoms with E-state index in [2.05, 4.69) is 21.9 Å². The number of benzene rings is 1. The van der Waals surface area contributed by atoms with Crippen molar-refractivity contribution in [1.82, 2.24) is 4.37 Å². The number of nitrogens with one attached hydrogen (secondary N) is 1. The first-order chi connectivity index (χ1) is 12.1. The SMILES string of the molecule is NC(=S)c1c(C(F)(F)F)nsc1Nc1cc(C(F)(F)F)cc(C(F)(F)F)c1. The molecule has 14 heteroatoms. The van der Waals surface area contributed by atoms with Crippen molar-refractivity contribution in [3.63, 3.8) is 0 Å². The molecule has 0 amide bonds. The highest BCUT2D eigenvalue weighted by atomic mass is 32.1. The van der Waals surface area contributed by atoms with E-state index >= 15 is 0 Å². The van der Waals surface area contributed by atoms with Crippen molar-refractivity contribution in [3.05, 3.63) is 40.6 Å². The molecule has 1 aromatic carbocycles. The minimum atomic E-state index is -5.12. The highest BCUT2D eigenvalue weighted by Crippen LogP contribution is 2.41. The van der Waals surface area contributed by atoms with Gasteiger partial charge in [0.2, 0.25) is 0 Å². The zero-order valence-electron chi connectivity index (χ0n) is 12.5. The first-order valence-electron chi connectivity index (χ1n) is 6.54. The van der Waals surface area contributed by atoms with Gasteiger partial charge in [0.1, 0.15) is 9.99 Å². The van der Waals surface area contributed by atoms with Crippen molar-refractivity contribution in [1.29, 1.82) is 0 Å². The van der Waals surface area contributed by atoms with Gasteiger partial charge in [-0.1, -0.05) is 12.2 Å². The van der Waals surface area contributed by atoms with Crippen LogP contribution in [0.25, 0.3) is 0 Å². The maximum Gasteiger partial charge on any atom is 0.435 e. The molecule has 2 aromatic rings. The van der Waals surface area contributed by atoms with Gasteiger partial charge >= 0.3 is 18.5 Å². The van der Waals surface area contributed by atoms with E-state index in [1.807, 2.05) is 0 Å². The molecular formula is C13H6F9N3S2. The van der Waals surface area contributed by atoms with Crippen LogP contribution in [0.2, 0.25) is 0 Å². The van der Waals surface area contributed by atoms with E-state index in [9.17, 15) is 39.5 Å². The van der Waals surface area contributed by atoms with Crippen LogP contribution in [0.5, 0.6) is 0 Å². The maximum absolute atomic E-state index is 12.9. The fraction of sp³-hybridized carbons (Fsp3) is 0.231. The third-order valence-corrected chi connectivity index (χ3v) is 4.02. The molecule has 0 radical (unpaired) electrons. The summed E-state index contributed by atoms with van der Waals surface area (Å²) in [4.78, 5) is -0.776.